The molecular weight excluding hydrogens is 320 g/mol. The summed E-state index contributed by atoms with van der Waals surface area (Å²) in [5.74, 6) is -1.02. The Kier molecular flexibility index (Phi) is 4.84. The molecule has 0 N–H and O–H groups in total. The van der Waals surface area contributed by atoms with Crippen LogP contribution in [0, 0.1) is 6.92 Å². The molecule has 0 radical (unpaired) electrons. The molecule has 124 valence electrons. The standard InChI is InChI=1S/C15H18N2O5S/c1-7(2)22-14(19)9(4)17-6-16-12-10(13(17)18)8(3)11(23-12)15(20)21-5/h6-7,9H,1-5H3. The normalized spacial score (nSPS) is 12.4. The second-order valence-corrected chi connectivity index (χ2v) is 6.35. The molecule has 0 aromatic carbocycles. The minimum Gasteiger partial charge on any atom is -0.465 e. The Balaban J connectivity index is 2.55. The number of esters is 2. The van der Waals surface area contributed by atoms with Crippen molar-refractivity contribution in [2.75, 3.05) is 7.11 Å². The molecule has 7 nitrogen and oxygen atoms in total. The number of hydrogen-bond acceptors (Lipinski definition) is 7. The molecule has 23 heavy (non-hydrogen) atoms. The summed E-state index contributed by atoms with van der Waals surface area (Å²) in [6.07, 6.45) is 1.03. The largest absolute Gasteiger partial charge is 0.465 e. The molecule has 0 aliphatic carbocycles. The maximum atomic E-state index is 12.7. The molecule has 0 amide bonds. The fourth-order valence-electron chi connectivity index (χ4n) is 2.14. The van der Waals surface area contributed by atoms with Crippen molar-refractivity contribution in [1.29, 1.82) is 0 Å². The van der Waals surface area contributed by atoms with E-state index in [1.54, 1.807) is 27.7 Å². The van der Waals surface area contributed by atoms with Crippen molar-refractivity contribution < 1.29 is 19.1 Å². The smallest absolute Gasteiger partial charge is 0.348 e. The molecule has 1 atom stereocenters. The van der Waals surface area contributed by atoms with Crippen molar-refractivity contribution in [3.8, 4) is 0 Å². The Hall–Kier alpha value is -2.22. The summed E-state index contributed by atoms with van der Waals surface area (Å²) in [7, 11) is 1.28. The van der Waals surface area contributed by atoms with Crippen LogP contribution in [0.3, 0.4) is 0 Å². The van der Waals surface area contributed by atoms with E-state index < -0.39 is 18.0 Å². The average Bonchev–Trinajstić information content (AvgIpc) is 2.83. The zero-order valence-corrected chi connectivity index (χ0v) is 14.4. The predicted octanol–water partition coefficient (Wildman–Crippen LogP) is 2.07. The Morgan fingerprint density at radius 3 is 2.52 bits per heavy atom. The van der Waals surface area contributed by atoms with Crippen LogP contribution in [0.15, 0.2) is 11.1 Å². The van der Waals surface area contributed by atoms with Crippen molar-refractivity contribution in [2.24, 2.45) is 0 Å². The first-order valence-electron chi connectivity index (χ1n) is 7.07. The number of aromatic nitrogens is 2. The van der Waals surface area contributed by atoms with E-state index in [9.17, 15) is 14.4 Å². The Morgan fingerprint density at radius 1 is 1.30 bits per heavy atom. The lowest BCUT2D eigenvalue weighted by Gasteiger charge is -2.15. The zero-order chi connectivity index (χ0) is 17.3. The lowest BCUT2D eigenvalue weighted by atomic mass is 10.2. The van der Waals surface area contributed by atoms with Crippen LogP contribution in [0.1, 0.15) is 42.0 Å². The summed E-state index contributed by atoms with van der Waals surface area (Å²) >= 11 is 1.10. The van der Waals surface area contributed by atoms with E-state index in [4.69, 9.17) is 9.47 Å². The first-order chi connectivity index (χ1) is 10.8. The van der Waals surface area contributed by atoms with Gasteiger partial charge in [-0.05, 0) is 33.3 Å². The van der Waals surface area contributed by atoms with Crippen molar-refractivity contribution >= 4 is 33.5 Å². The van der Waals surface area contributed by atoms with Gasteiger partial charge in [0, 0.05) is 0 Å². The van der Waals surface area contributed by atoms with Gasteiger partial charge in [-0.25, -0.2) is 14.6 Å². The summed E-state index contributed by atoms with van der Waals surface area (Å²) in [5.41, 5.74) is 0.125. The maximum absolute atomic E-state index is 12.7. The molecule has 0 aliphatic heterocycles. The van der Waals surface area contributed by atoms with E-state index in [0.29, 0.717) is 20.7 Å². The van der Waals surface area contributed by atoms with Crippen molar-refractivity contribution in [1.82, 2.24) is 9.55 Å². The first kappa shape index (κ1) is 17.1. The highest BCUT2D eigenvalue weighted by Crippen LogP contribution is 2.27. The fourth-order valence-corrected chi connectivity index (χ4v) is 3.20. The third-order valence-corrected chi connectivity index (χ3v) is 4.54. The highest BCUT2D eigenvalue weighted by atomic mass is 32.1. The van der Waals surface area contributed by atoms with Crippen LogP contribution < -0.4 is 5.56 Å². The Bertz CT molecular complexity index is 821. The number of nitrogens with zero attached hydrogens (tertiary/aromatic N) is 2. The Morgan fingerprint density at radius 2 is 1.96 bits per heavy atom. The molecule has 0 fully saturated rings. The van der Waals surface area contributed by atoms with Gasteiger partial charge in [0.2, 0.25) is 0 Å². The first-order valence-corrected chi connectivity index (χ1v) is 7.88. The fraction of sp³-hybridized carbons (Fsp3) is 0.467. The van der Waals surface area contributed by atoms with E-state index in [1.165, 1.54) is 18.0 Å². The summed E-state index contributed by atoms with van der Waals surface area (Å²) in [4.78, 5) is 41.4. The van der Waals surface area contributed by atoms with Crippen LogP contribution in [-0.4, -0.2) is 34.7 Å². The SMILES string of the molecule is COC(=O)c1sc2ncn(C(C)C(=O)OC(C)C)c(=O)c2c1C. The average molecular weight is 338 g/mol. The van der Waals surface area contributed by atoms with Crippen LogP contribution >= 0.6 is 11.3 Å². The van der Waals surface area contributed by atoms with Crippen molar-refractivity contribution in [2.45, 2.75) is 39.8 Å². The molecule has 1 unspecified atom stereocenters. The van der Waals surface area contributed by atoms with Crippen molar-refractivity contribution in [3.05, 3.63) is 27.1 Å². The molecule has 0 bridgehead atoms. The van der Waals surface area contributed by atoms with Crippen LogP contribution in [0.25, 0.3) is 10.2 Å². The number of aryl methyl sites for hydroxylation is 1. The lowest BCUT2D eigenvalue weighted by Crippen LogP contribution is -2.30. The highest BCUT2D eigenvalue weighted by molar-refractivity contribution is 7.20. The molecule has 0 spiro atoms. The number of hydrogen-bond donors (Lipinski definition) is 0. The summed E-state index contributed by atoms with van der Waals surface area (Å²) in [5, 5.41) is 0.321. The van der Waals surface area contributed by atoms with Crippen LogP contribution in [0.4, 0.5) is 0 Å². The lowest BCUT2D eigenvalue weighted by molar-refractivity contribution is -0.151. The van der Waals surface area contributed by atoms with E-state index in [0.717, 1.165) is 11.3 Å². The van der Waals surface area contributed by atoms with E-state index in [1.807, 2.05) is 0 Å². The van der Waals surface area contributed by atoms with Gasteiger partial charge in [-0.15, -0.1) is 11.3 Å². The second kappa shape index (κ2) is 6.49. The second-order valence-electron chi connectivity index (χ2n) is 5.35. The summed E-state index contributed by atoms with van der Waals surface area (Å²) < 4.78 is 11.0. The van der Waals surface area contributed by atoms with Crippen LogP contribution in [0.2, 0.25) is 0 Å². The van der Waals surface area contributed by atoms with E-state index in [-0.39, 0.29) is 11.7 Å². The number of fused-ring (bicyclic) bond motifs is 1. The third-order valence-electron chi connectivity index (χ3n) is 3.36. The molecular formula is C15H18N2O5S. The topological polar surface area (TPSA) is 87.5 Å². The van der Waals surface area contributed by atoms with Gasteiger partial charge in [-0.2, -0.15) is 0 Å². The summed E-state index contributed by atoms with van der Waals surface area (Å²) in [6, 6.07) is -0.803. The molecule has 2 rings (SSSR count). The minimum atomic E-state index is -0.803. The van der Waals surface area contributed by atoms with Gasteiger partial charge in [0.1, 0.15) is 15.7 Å². The number of carbonyl (C=O) groups excluding carboxylic acids is 2. The maximum Gasteiger partial charge on any atom is 0.348 e. The van der Waals surface area contributed by atoms with Gasteiger partial charge in [-0.1, -0.05) is 0 Å². The summed E-state index contributed by atoms with van der Waals surface area (Å²) in [6.45, 7) is 6.71. The molecule has 2 aromatic rings. The monoisotopic (exact) mass is 338 g/mol. The number of rotatable bonds is 4. The minimum absolute atomic E-state index is 0.272. The molecule has 2 heterocycles. The molecule has 0 saturated heterocycles. The number of methoxy groups -OCH3 is 1. The van der Waals surface area contributed by atoms with Gasteiger partial charge >= 0.3 is 11.9 Å². The number of thiophene rings is 1. The van der Waals surface area contributed by atoms with E-state index in [2.05, 4.69) is 4.98 Å². The molecule has 2 aromatic heterocycles. The Labute approximate surface area is 136 Å². The number of carbonyl (C=O) groups is 2. The van der Waals surface area contributed by atoms with Gasteiger partial charge in [0.25, 0.3) is 5.56 Å². The molecule has 0 saturated carbocycles. The molecule has 8 heteroatoms. The predicted molar refractivity (Wildman–Crippen MR) is 85.9 cm³/mol. The third kappa shape index (κ3) is 3.12. The highest BCUT2D eigenvalue weighted by Gasteiger charge is 2.24. The van der Waals surface area contributed by atoms with Gasteiger partial charge in [0.05, 0.1) is 24.9 Å². The van der Waals surface area contributed by atoms with Crippen molar-refractivity contribution in [3.63, 3.8) is 0 Å². The van der Waals surface area contributed by atoms with Gasteiger partial charge in [0.15, 0.2) is 0 Å². The number of ether oxygens (including phenoxy) is 2. The van der Waals surface area contributed by atoms with E-state index >= 15 is 0 Å². The van der Waals surface area contributed by atoms with Gasteiger partial charge in [-0.3, -0.25) is 9.36 Å². The van der Waals surface area contributed by atoms with Crippen LogP contribution in [0.5, 0.6) is 0 Å². The van der Waals surface area contributed by atoms with Gasteiger partial charge < -0.3 is 9.47 Å². The van der Waals surface area contributed by atoms with Crippen LogP contribution in [-0.2, 0) is 14.3 Å². The zero-order valence-electron chi connectivity index (χ0n) is 13.6. The quantitative estimate of drug-likeness (QED) is 0.793. The molecule has 0 aliphatic rings.